The highest BCUT2D eigenvalue weighted by Gasteiger charge is 2.25. The number of piperidine rings is 1. The second-order valence-corrected chi connectivity index (χ2v) is 7.55. The van der Waals surface area contributed by atoms with Crippen LogP contribution in [-0.2, 0) is 4.79 Å². The Bertz CT molecular complexity index is 877. The molecule has 0 bridgehead atoms. The molecular weight excluding hydrogens is 378 g/mol. The van der Waals surface area contributed by atoms with Gasteiger partial charge in [-0.25, -0.2) is 4.68 Å². The van der Waals surface area contributed by atoms with Crippen molar-refractivity contribution in [2.24, 2.45) is 0 Å². The van der Waals surface area contributed by atoms with Crippen LogP contribution in [0.2, 0.25) is 5.02 Å². The molecule has 28 heavy (non-hydrogen) atoms. The molecule has 1 aromatic carbocycles. The topological polar surface area (TPSA) is 80.1 Å². The van der Waals surface area contributed by atoms with Crippen LogP contribution in [0.3, 0.4) is 0 Å². The Hall–Kier alpha value is -2.67. The summed E-state index contributed by atoms with van der Waals surface area (Å²) in [5.41, 5.74) is 1.10. The quantitative estimate of drug-likeness (QED) is 0.781. The van der Waals surface area contributed by atoms with Gasteiger partial charge in [0.2, 0.25) is 5.91 Å². The molecule has 2 heterocycles. The highest BCUT2D eigenvalue weighted by molar-refractivity contribution is 6.32. The zero-order chi connectivity index (χ0) is 20.1. The maximum atomic E-state index is 12.6. The molecule has 1 atom stereocenters. The van der Waals surface area contributed by atoms with E-state index in [2.05, 4.69) is 15.6 Å². The number of carbonyl (C=O) groups excluding carboxylic acids is 2. The van der Waals surface area contributed by atoms with Crippen LogP contribution in [0.4, 0.5) is 0 Å². The van der Waals surface area contributed by atoms with Crippen LogP contribution >= 0.6 is 11.6 Å². The maximum Gasteiger partial charge on any atom is 0.273 e. The fourth-order valence-corrected chi connectivity index (χ4v) is 3.34. The van der Waals surface area contributed by atoms with Gasteiger partial charge in [0, 0.05) is 30.2 Å². The second kappa shape index (κ2) is 9.01. The van der Waals surface area contributed by atoms with Crippen LogP contribution in [0.5, 0.6) is 0 Å². The van der Waals surface area contributed by atoms with Crippen molar-refractivity contribution in [1.82, 2.24) is 25.2 Å². The number of aromatic nitrogens is 3. The minimum Gasteiger partial charge on any atom is -0.348 e. The maximum absolute atomic E-state index is 12.6. The van der Waals surface area contributed by atoms with Gasteiger partial charge in [-0.3, -0.25) is 9.59 Å². The van der Waals surface area contributed by atoms with Crippen LogP contribution in [0.15, 0.2) is 36.5 Å². The summed E-state index contributed by atoms with van der Waals surface area (Å²) in [6.07, 6.45) is 6.68. The highest BCUT2D eigenvalue weighted by atomic mass is 35.5. The van der Waals surface area contributed by atoms with Gasteiger partial charge in [0.05, 0.1) is 12.2 Å². The summed E-state index contributed by atoms with van der Waals surface area (Å²) >= 11 is 6.13. The number of benzene rings is 1. The molecule has 1 fully saturated rings. The largest absolute Gasteiger partial charge is 0.348 e. The molecule has 0 saturated carbocycles. The second-order valence-electron chi connectivity index (χ2n) is 7.15. The number of likely N-dealkylation sites (tertiary alicyclic amines) is 1. The van der Waals surface area contributed by atoms with Gasteiger partial charge in [-0.15, -0.1) is 5.10 Å². The standard InChI is InChI=1S/C20H24ClN5O2/c1-14(2)22-20(28)18-13-26(24-23-18)16-7-5-11-25(12-16)19(27)10-9-15-6-3-4-8-17(15)21/h3-4,6,8-10,13-14,16H,5,7,11-12H2,1-2H3,(H,22,28)/b10-9+/t16-/m0/s1. The van der Waals surface area contributed by atoms with Crippen LogP contribution in [-0.4, -0.2) is 50.8 Å². The van der Waals surface area contributed by atoms with Crippen LogP contribution in [0, 0.1) is 0 Å². The highest BCUT2D eigenvalue weighted by Crippen LogP contribution is 2.22. The Labute approximate surface area is 169 Å². The number of amides is 2. The lowest BCUT2D eigenvalue weighted by molar-refractivity contribution is -0.127. The Balaban J connectivity index is 1.64. The van der Waals surface area contributed by atoms with Gasteiger partial charge >= 0.3 is 0 Å². The summed E-state index contributed by atoms with van der Waals surface area (Å²) in [5, 5.41) is 11.5. The van der Waals surface area contributed by atoms with E-state index in [0.29, 0.717) is 18.1 Å². The molecule has 3 rings (SSSR count). The van der Waals surface area contributed by atoms with Gasteiger partial charge in [-0.05, 0) is 44.4 Å². The van der Waals surface area contributed by atoms with Crippen molar-refractivity contribution in [2.45, 2.75) is 38.8 Å². The first kappa shape index (κ1) is 20.1. The fourth-order valence-electron chi connectivity index (χ4n) is 3.14. The van der Waals surface area contributed by atoms with E-state index in [4.69, 9.17) is 11.6 Å². The lowest BCUT2D eigenvalue weighted by atomic mass is 10.1. The third-order valence-electron chi connectivity index (χ3n) is 4.56. The van der Waals surface area contributed by atoms with Crippen LogP contribution in [0.25, 0.3) is 6.08 Å². The van der Waals surface area contributed by atoms with Gasteiger partial charge in [0.25, 0.3) is 5.91 Å². The molecule has 8 heteroatoms. The van der Waals surface area contributed by atoms with Crippen molar-refractivity contribution in [3.63, 3.8) is 0 Å². The van der Waals surface area contributed by atoms with Gasteiger partial charge in [-0.1, -0.05) is 35.0 Å². The summed E-state index contributed by atoms with van der Waals surface area (Å²) in [6, 6.07) is 7.42. The number of hydrogen-bond donors (Lipinski definition) is 1. The Morgan fingerprint density at radius 3 is 2.86 bits per heavy atom. The number of nitrogens with one attached hydrogen (secondary N) is 1. The number of halogens is 1. The molecule has 2 amide bonds. The Morgan fingerprint density at radius 2 is 2.11 bits per heavy atom. The summed E-state index contributed by atoms with van der Waals surface area (Å²) in [5.74, 6) is -0.310. The Kier molecular flexibility index (Phi) is 6.46. The van der Waals surface area contributed by atoms with Crippen molar-refractivity contribution < 1.29 is 9.59 Å². The summed E-state index contributed by atoms with van der Waals surface area (Å²) < 4.78 is 1.69. The van der Waals surface area contributed by atoms with Crippen molar-refractivity contribution in [2.75, 3.05) is 13.1 Å². The lowest BCUT2D eigenvalue weighted by Crippen LogP contribution is -2.40. The predicted molar refractivity (Wildman–Crippen MR) is 108 cm³/mol. The molecule has 1 saturated heterocycles. The molecular formula is C20H24ClN5O2. The minimum atomic E-state index is -0.243. The van der Waals surface area contributed by atoms with E-state index in [1.165, 1.54) is 0 Å². The molecule has 7 nitrogen and oxygen atoms in total. The first-order valence-corrected chi connectivity index (χ1v) is 9.76. The van der Waals surface area contributed by atoms with Gasteiger partial charge in [0.1, 0.15) is 0 Å². The van der Waals surface area contributed by atoms with Gasteiger partial charge in [0.15, 0.2) is 5.69 Å². The number of hydrogen-bond acceptors (Lipinski definition) is 4. The molecule has 0 radical (unpaired) electrons. The fraction of sp³-hybridized carbons (Fsp3) is 0.400. The van der Waals surface area contributed by atoms with E-state index in [1.54, 1.807) is 34.0 Å². The third-order valence-corrected chi connectivity index (χ3v) is 4.90. The molecule has 148 valence electrons. The smallest absolute Gasteiger partial charge is 0.273 e. The zero-order valence-electron chi connectivity index (χ0n) is 16.0. The predicted octanol–water partition coefficient (Wildman–Crippen LogP) is 2.95. The summed E-state index contributed by atoms with van der Waals surface area (Å²) in [6.45, 7) is 5.00. The molecule has 0 spiro atoms. The third kappa shape index (κ3) is 4.98. The minimum absolute atomic E-state index is 0.000451. The van der Waals surface area contributed by atoms with Crippen LogP contribution in [0.1, 0.15) is 48.8 Å². The number of nitrogens with zero attached hydrogens (tertiary/aromatic N) is 4. The SMILES string of the molecule is CC(C)NC(=O)c1cn([C@H]2CCCN(C(=O)/C=C/c3ccccc3Cl)C2)nn1. The van der Waals surface area contributed by atoms with Crippen molar-refractivity contribution in [3.05, 3.63) is 52.8 Å². The van der Waals surface area contributed by atoms with E-state index < -0.39 is 0 Å². The van der Waals surface area contributed by atoms with E-state index in [-0.39, 0.29) is 29.6 Å². The monoisotopic (exact) mass is 401 g/mol. The van der Waals surface area contributed by atoms with E-state index in [0.717, 1.165) is 18.4 Å². The number of carbonyl (C=O) groups is 2. The van der Waals surface area contributed by atoms with E-state index in [1.807, 2.05) is 32.0 Å². The summed E-state index contributed by atoms with van der Waals surface area (Å²) in [4.78, 5) is 26.4. The molecule has 1 aromatic heterocycles. The van der Waals surface area contributed by atoms with E-state index in [9.17, 15) is 9.59 Å². The molecule has 1 aliphatic heterocycles. The van der Waals surface area contributed by atoms with Crippen molar-refractivity contribution >= 4 is 29.5 Å². The van der Waals surface area contributed by atoms with Crippen LogP contribution < -0.4 is 5.32 Å². The number of rotatable bonds is 5. The lowest BCUT2D eigenvalue weighted by Gasteiger charge is -2.31. The average Bonchev–Trinajstić information content (AvgIpc) is 3.17. The first-order valence-electron chi connectivity index (χ1n) is 9.38. The molecule has 0 unspecified atom stereocenters. The summed E-state index contributed by atoms with van der Waals surface area (Å²) in [7, 11) is 0. The van der Waals surface area contributed by atoms with Crippen molar-refractivity contribution in [1.29, 1.82) is 0 Å². The molecule has 1 aliphatic rings. The zero-order valence-corrected chi connectivity index (χ0v) is 16.8. The molecule has 0 aliphatic carbocycles. The van der Waals surface area contributed by atoms with Crippen molar-refractivity contribution in [3.8, 4) is 0 Å². The van der Waals surface area contributed by atoms with Gasteiger partial charge < -0.3 is 10.2 Å². The normalized spacial score (nSPS) is 17.3. The van der Waals surface area contributed by atoms with Gasteiger partial charge in [-0.2, -0.15) is 0 Å². The Morgan fingerprint density at radius 1 is 1.32 bits per heavy atom. The molecule has 2 aromatic rings. The average molecular weight is 402 g/mol. The molecule has 1 N–H and O–H groups in total. The van der Waals surface area contributed by atoms with E-state index >= 15 is 0 Å². The first-order chi connectivity index (χ1) is 13.4.